The van der Waals surface area contributed by atoms with Crippen LogP contribution in [-0.2, 0) is 16.4 Å². The van der Waals surface area contributed by atoms with Crippen molar-refractivity contribution >= 4 is 10.0 Å². The highest BCUT2D eigenvalue weighted by atomic mass is 32.2. The molecule has 0 aliphatic heterocycles. The minimum atomic E-state index is -3.15. The molecule has 1 aliphatic rings. The van der Waals surface area contributed by atoms with Crippen LogP contribution in [0.2, 0.25) is 0 Å². The highest BCUT2D eigenvalue weighted by Crippen LogP contribution is 2.35. The van der Waals surface area contributed by atoms with Crippen molar-refractivity contribution in [2.75, 3.05) is 32.5 Å². The molecular formula is C15H24N2O3S. The quantitative estimate of drug-likeness (QED) is 0.748. The third-order valence-corrected chi connectivity index (χ3v) is 4.64. The highest BCUT2D eigenvalue weighted by molar-refractivity contribution is 7.88. The van der Waals surface area contributed by atoms with E-state index in [0.717, 1.165) is 19.4 Å². The fourth-order valence-electron chi connectivity index (χ4n) is 2.99. The van der Waals surface area contributed by atoms with Gasteiger partial charge in [0.2, 0.25) is 10.0 Å². The van der Waals surface area contributed by atoms with E-state index in [0.29, 0.717) is 25.6 Å². The molecule has 1 aromatic rings. The lowest BCUT2D eigenvalue weighted by atomic mass is 10.1. The van der Waals surface area contributed by atoms with Gasteiger partial charge in [0.05, 0.1) is 6.26 Å². The molecule has 0 heterocycles. The van der Waals surface area contributed by atoms with Crippen LogP contribution in [0.1, 0.15) is 30.0 Å². The molecule has 21 heavy (non-hydrogen) atoms. The Morgan fingerprint density at radius 1 is 1.33 bits per heavy atom. The Hall–Kier alpha value is -0.950. The van der Waals surface area contributed by atoms with Crippen molar-refractivity contribution in [2.24, 2.45) is 0 Å². The van der Waals surface area contributed by atoms with Gasteiger partial charge in [-0.25, -0.2) is 13.1 Å². The molecule has 2 N–H and O–H groups in total. The maximum atomic E-state index is 11.2. The molecule has 5 nitrogen and oxygen atoms in total. The zero-order chi connectivity index (χ0) is 15.3. The van der Waals surface area contributed by atoms with Crippen LogP contribution in [0.3, 0.4) is 0 Å². The van der Waals surface area contributed by atoms with Gasteiger partial charge in [0.25, 0.3) is 0 Å². The number of nitrogens with zero attached hydrogens (tertiary/aromatic N) is 1. The number of aliphatic hydroxyl groups is 1. The smallest absolute Gasteiger partial charge is 0.208 e. The van der Waals surface area contributed by atoms with Crippen LogP contribution in [0.5, 0.6) is 0 Å². The van der Waals surface area contributed by atoms with Gasteiger partial charge in [-0.15, -0.1) is 0 Å². The van der Waals surface area contributed by atoms with Crippen LogP contribution in [0.4, 0.5) is 0 Å². The zero-order valence-electron chi connectivity index (χ0n) is 12.5. The Morgan fingerprint density at radius 3 is 2.81 bits per heavy atom. The third kappa shape index (κ3) is 4.78. The Bertz CT molecular complexity index is 560. The molecule has 0 aromatic heterocycles. The van der Waals surface area contributed by atoms with Crippen molar-refractivity contribution in [3.05, 3.63) is 35.4 Å². The molecule has 1 atom stereocenters. The van der Waals surface area contributed by atoms with E-state index in [1.54, 1.807) is 0 Å². The van der Waals surface area contributed by atoms with Crippen LogP contribution >= 0.6 is 0 Å². The molecule has 0 saturated carbocycles. The van der Waals surface area contributed by atoms with Gasteiger partial charge in [0, 0.05) is 32.3 Å². The number of hydrogen-bond acceptors (Lipinski definition) is 4. The second-order valence-electron chi connectivity index (χ2n) is 5.53. The molecule has 1 aromatic carbocycles. The number of hydrogen-bond donors (Lipinski definition) is 2. The van der Waals surface area contributed by atoms with E-state index in [-0.39, 0.29) is 6.61 Å². The summed E-state index contributed by atoms with van der Waals surface area (Å²) in [7, 11) is -3.15. The lowest BCUT2D eigenvalue weighted by molar-refractivity contribution is 0.176. The summed E-state index contributed by atoms with van der Waals surface area (Å²) >= 11 is 0. The number of rotatable bonds is 8. The van der Waals surface area contributed by atoms with Gasteiger partial charge in [-0.3, -0.25) is 4.90 Å². The van der Waals surface area contributed by atoms with Crippen LogP contribution in [0.15, 0.2) is 24.3 Å². The largest absolute Gasteiger partial charge is 0.396 e. The number of nitrogens with one attached hydrogen (secondary N) is 1. The summed E-state index contributed by atoms with van der Waals surface area (Å²) in [6.07, 6.45) is 4.01. The first-order valence-corrected chi connectivity index (χ1v) is 9.28. The predicted molar refractivity (Wildman–Crippen MR) is 83.6 cm³/mol. The van der Waals surface area contributed by atoms with E-state index in [2.05, 4.69) is 33.9 Å². The number of aliphatic hydroxyl groups excluding tert-OH is 1. The summed E-state index contributed by atoms with van der Waals surface area (Å²) < 4.78 is 24.9. The molecule has 2 rings (SSSR count). The summed E-state index contributed by atoms with van der Waals surface area (Å²) in [6.45, 7) is 2.00. The van der Waals surface area contributed by atoms with Gasteiger partial charge in [-0.05, 0) is 30.4 Å². The maximum Gasteiger partial charge on any atom is 0.208 e. The molecule has 1 aliphatic carbocycles. The normalized spacial score (nSPS) is 18.1. The predicted octanol–water partition coefficient (Wildman–Crippen LogP) is 0.907. The molecule has 0 bridgehead atoms. The van der Waals surface area contributed by atoms with E-state index < -0.39 is 10.0 Å². The van der Waals surface area contributed by atoms with E-state index in [9.17, 15) is 8.42 Å². The number of aryl methyl sites for hydroxylation is 1. The molecule has 0 amide bonds. The first-order valence-electron chi connectivity index (χ1n) is 7.38. The van der Waals surface area contributed by atoms with Gasteiger partial charge in [-0.1, -0.05) is 24.3 Å². The molecule has 6 heteroatoms. The van der Waals surface area contributed by atoms with E-state index in [1.807, 2.05) is 0 Å². The average Bonchev–Trinajstić information content (AvgIpc) is 2.85. The third-order valence-electron chi connectivity index (χ3n) is 3.91. The molecule has 1 unspecified atom stereocenters. The fourth-order valence-corrected chi connectivity index (χ4v) is 3.45. The Morgan fingerprint density at radius 2 is 2.10 bits per heavy atom. The number of fused-ring (bicyclic) bond motifs is 1. The second-order valence-corrected chi connectivity index (χ2v) is 7.37. The first kappa shape index (κ1) is 16.4. The first-order chi connectivity index (χ1) is 10.0. The standard InChI is InChI=1S/C15H24N2O3S/c1-21(19,20)16-9-11-17(10-4-12-18)15-8-7-13-5-2-3-6-14(13)15/h2-3,5-6,15-16,18H,4,7-12H2,1H3. The molecule has 0 saturated heterocycles. The molecule has 0 spiro atoms. The van der Waals surface area contributed by atoms with Gasteiger partial charge in [0.15, 0.2) is 0 Å². The lowest BCUT2D eigenvalue weighted by Crippen LogP contribution is -2.37. The number of benzene rings is 1. The van der Waals surface area contributed by atoms with Crippen LogP contribution in [-0.4, -0.2) is 50.9 Å². The topological polar surface area (TPSA) is 69.6 Å². The summed E-state index contributed by atoms with van der Waals surface area (Å²) in [6, 6.07) is 8.76. The number of sulfonamides is 1. The van der Waals surface area contributed by atoms with E-state index >= 15 is 0 Å². The summed E-state index contributed by atoms with van der Waals surface area (Å²) in [5.41, 5.74) is 2.72. The summed E-state index contributed by atoms with van der Waals surface area (Å²) in [4.78, 5) is 2.28. The van der Waals surface area contributed by atoms with Crippen LogP contribution in [0, 0.1) is 0 Å². The van der Waals surface area contributed by atoms with E-state index in [4.69, 9.17) is 5.11 Å². The van der Waals surface area contributed by atoms with Crippen molar-refractivity contribution in [1.29, 1.82) is 0 Å². The van der Waals surface area contributed by atoms with Gasteiger partial charge >= 0.3 is 0 Å². The SMILES string of the molecule is CS(=O)(=O)NCCN(CCCO)C1CCc2ccccc21. The monoisotopic (exact) mass is 312 g/mol. The Labute approximate surface area is 127 Å². The van der Waals surface area contributed by atoms with Crippen LogP contribution in [0.25, 0.3) is 0 Å². The highest BCUT2D eigenvalue weighted by Gasteiger charge is 2.27. The Balaban J connectivity index is 2.03. The van der Waals surface area contributed by atoms with Crippen molar-refractivity contribution in [3.8, 4) is 0 Å². The van der Waals surface area contributed by atoms with E-state index in [1.165, 1.54) is 17.4 Å². The van der Waals surface area contributed by atoms with Gasteiger partial charge < -0.3 is 5.11 Å². The zero-order valence-corrected chi connectivity index (χ0v) is 13.3. The van der Waals surface area contributed by atoms with Crippen molar-refractivity contribution in [3.63, 3.8) is 0 Å². The molecule has 0 radical (unpaired) electrons. The Kier molecular flexibility index (Phi) is 5.75. The molecular weight excluding hydrogens is 288 g/mol. The van der Waals surface area contributed by atoms with Crippen molar-refractivity contribution in [2.45, 2.75) is 25.3 Å². The van der Waals surface area contributed by atoms with Gasteiger partial charge in [-0.2, -0.15) is 0 Å². The van der Waals surface area contributed by atoms with Crippen molar-refractivity contribution in [1.82, 2.24) is 9.62 Å². The minimum absolute atomic E-state index is 0.157. The minimum Gasteiger partial charge on any atom is -0.396 e. The molecule has 0 fully saturated rings. The van der Waals surface area contributed by atoms with Crippen LogP contribution < -0.4 is 4.72 Å². The van der Waals surface area contributed by atoms with Gasteiger partial charge in [0.1, 0.15) is 0 Å². The second kappa shape index (κ2) is 7.35. The average molecular weight is 312 g/mol. The maximum absolute atomic E-state index is 11.2. The lowest BCUT2D eigenvalue weighted by Gasteiger charge is -2.29. The fraction of sp³-hybridized carbons (Fsp3) is 0.600. The van der Waals surface area contributed by atoms with Crippen molar-refractivity contribution < 1.29 is 13.5 Å². The molecule has 118 valence electrons. The summed E-state index contributed by atoms with van der Waals surface area (Å²) in [5, 5.41) is 9.07. The summed E-state index contributed by atoms with van der Waals surface area (Å²) in [5.74, 6) is 0.